The molecule has 2 rings (SSSR count). The molecular weight excluding hydrogens is 204 g/mol. The molecule has 1 aliphatic heterocycles. The van der Waals surface area contributed by atoms with Crippen molar-refractivity contribution >= 4 is 11.7 Å². The minimum absolute atomic E-state index is 0.0584. The van der Waals surface area contributed by atoms with E-state index in [1.165, 1.54) is 12.3 Å². The van der Waals surface area contributed by atoms with Gasteiger partial charge < -0.3 is 11.1 Å². The fourth-order valence-corrected chi connectivity index (χ4v) is 1.86. The van der Waals surface area contributed by atoms with Gasteiger partial charge in [-0.2, -0.15) is 0 Å². The number of ketones is 1. The molecular formula is C12H12N2O2. The zero-order valence-corrected chi connectivity index (χ0v) is 8.64. The Morgan fingerprint density at radius 1 is 1.31 bits per heavy atom. The van der Waals surface area contributed by atoms with E-state index in [1.807, 2.05) is 18.2 Å². The predicted octanol–water partition coefficient (Wildman–Crippen LogP) is 0.443. The van der Waals surface area contributed by atoms with Crippen LogP contribution in [0.1, 0.15) is 12.0 Å². The fraction of sp³-hybridized carbons (Fsp3) is 0.167. The summed E-state index contributed by atoms with van der Waals surface area (Å²) in [7, 11) is 0. The fourth-order valence-electron chi connectivity index (χ4n) is 1.86. The van der Waals surface area contributed by atoms with E-state index in [0.29, 0.717) is 5.56 Å². The lowest BCUT2D eigenvalue weighted by Gasteiger charge is -2.32. The maximum Gasteiger partial charge on any atom is 0.248 e. The Morgan fingerprint density at radius 3 is 2.56 bits per heavy atom. The van der Waals surface area contributed by atoms with E-state index in [2.05, 4.69) is 5.32 Å². The SMILES string of the molecule is NC(=O)C1(c2ccccc2)CC(=O)C=CN1. The van der Waals surface area contributed by atoms with Gasteiger partial charge in [0.05, 0.1) is 0 Å². The Labute approximate surface area is 93.1 Å². The highest BCUT2D eigenvalue weighted by Gasteiger charge is 2.40. The van der Waals surface area contributed by atoms with Crippen LogP contribution in [0.15, 0.2) is 42.6 Å². The molecule has 4 nitrogen and oxygen atoms in total. The van der Waals surface area contributed by atoms with Crippen molar-refractivity contribution in [3.8, 4) is 0 Å². The number of carbonyl (C=O) groups is 2. The highest BCUT2D eigenvalue weighted by atomic mass is 16.2. The van der Waals surface area contributed by atoms with Crippen LogP contribution in [0.4, 0.5) is 0 Å². The first kappa shape index (κ1) is 10.4. The number of allylic oxidation sites excluding steroid dienone is 1. The zero-order chi connectivity index (χ0) is 11.6. The maximum atomic E-state index is 11.6. The van der Waals surface area contributed by atoms with Gasteiger partial charge in [0.15, 0.2) is 5.78 Å². The summed E-state index contributed by atoms with van der Waals surface area (Å²) in [6, 6.07) is 9.03. The smallest absolute Gasteiger partial charge is 0.248 e. The van der Waals surface area contributed by atoms with Gasteiger partial charge in [0.25, 0.3) is 0 Å². The zero-order valence-electron chi connectivity index (χ0n) is 8.64. The number of rotatable bonds is 2. The molecule has 1 aromatic carbocycles. The van der Waals surface area contributed by atoms with Crippen molar-refractivity contribution in [2.75, 3.05) is 0 Å². The van der Waals surface area contributed by atoms with Crippen LogP contribution < -0.4 is 11.1 Å². The number of hydrogen-bond acceptors (Lipinski definition) is 3. The lowest BCUT2D eigenvalue weighted by Crippen LogP contribution is -2.53. The van der Waals surface area contributed by atoms with Gasteiger partial charge in [0.1, 0.15) is 5.54 Å². The van der Waals surface area contributed by atoms with Crippen molar-refractivity contribution in [2.45, 2.75) is 12.0 Å². The largest absolute Gasteiger partial charge is 0.373 e. The van der Waals surface area contributed by atoms with Gasteiger partial charge >= 0.3 is 0 Å². The normalized spacial score (nSPS) is 23.9. The standard InChI is InChI=1S/C12H12N2O2/c13-11(16)12(8-10(15)6-7-14-12)9-4-2-1-3-5-9/h1-7,14H,8H2,(H2,13,16). The summed E-state index contributed by atoms with van der Waals surface area (Å²) in [5.41, 5.74) is 5.01. The van der Waals surface area contributed by atoms with Gasteiger partial charge in [0.2, 0.25) is 5.91 Å². The maximum absolute atomic E-state index is 11.6. The number of carbonyl (C=O) groups excluding carboxylic acids is 2. The van der Waals surface area contributed by atoms with E-state index in [9.17, 15) is 9.59 Å². The molecule has 0 fully saturated rings. The Hall–Kier alpha value is -2.10. The number of nitrogens with one attached hydrogen (secondary N) is 1. The first-order valence-corrected chi connectivity index (χ1v) is 4.98. The van der Waals surface area contributed by atoms with E-state index in [1.54, 1.807) is 12.1 Å². The first-order chi connectivity index (χ1) is 7.65. The van der Waals surface area contributed by atoms with Crippen molar-refractivity contribution in [1.29, 1.82) is 0 Å². The second-order valence-corrected chi connectivity index (χ2v) is 3.76. The average Bonchev–Trinajstić information content (AvgIpc) is 2.30. The first-order valence-electron chi connectivity index (χ1n) is 4.98. The van der Waals surface area contributed by atoms with E-state index in [4.69, 9.17) is 5.73 Å². The predicted molar refractivity (Wildman–Crippen MR) is 59.2 cm³/mol. The molecule has 1 amide bonds. The third kappa shape index (κ3) is 1.58. The van der Waals surface area contributed by atoms with Crippen LogP contribution in [0.25, 0.3) is 0 Å². The minimum Gasteiger partial charge on any atom is -0.373 e. The lowest BCUT2D eigenvalue weighted by atomic mass is 9.83. The van der Waals surface area contributed by atoms with Crippen LogP contribution >= 0.6 is 0 Å². The Bertz CT molecular complexity index is 453. The number of nitrogens with two attached hydrogens (primary N) is 1. The molecule has 16 heavy (non-hydrogen) atoms. The van der Waals surface area contributed by atoms with Gasteiger partial charge in [-0.15, -0.1) is 0 Å². The van der Waals surface area contributed by atoms with Crippen LogP contribution in [0.3, 0.4) is 0 Å². The van der Waals surface area contributed by atoms with E-state index in [-0.39, 0.29) is 12.2 Å². The van der Waals surface area contributed by atoms with Crippen LogP contribution in [0, 0.1) is 0 Å². The Morgan fingerprint density at radius 2 is 2.00 bits per heavy atom. The van der Waals surface area contributed by atoms with E-state index >= 15 is 0 Å². The average molecular weight is 216 g/mol. The van der Waals surface area contributed by atoms with Crippen molar-refractivity contribution in [3.63, 3.8) is 0 Å². The van der Waals surface area contributed by atoms with Gasteiger partial charge in [-0.25, -0.2) is 0 Å². The molecule has 1 aliphatic rings. The summed E-state index contributed by atoms with van der Waals surface area (Å²) in [5, 5.41) is 2.90. The number of hydrogen-bond donors (Lipinski definition) is 2. The second kappa shape index (κ2) is 3.81. The van der Waals surface area contributed by atoms with Gasteiger partial charge in [0, 0.05) is 12.6 Å². The summed E-state index contributed by atoms with van der Waals surface area (Å²) in [6.45, 7) is 0. The van der Waals surface area contributed by atoms with Crippen molar-refractivity contribution in [2.24, 2.45) is 5.73 Å². The molecule has 82 valence electrons. The van der Waals surface area contributed by atoms with E-state index < -0.39 is 11.4 Å². The summed E-state index contributed by atoms with van der Waals surface area (Å²) >= 11 is 0. The van der Waals surface area contributed by atoms with Crippen LogP contribution in [0.2, 0.25) is 0 Å². The number of primary amides is 1. The third-order valence-corrected chi connectivity index (χ3v) is 2.73. The summed E-state index contributed by atoms with van der Waals surface area (Å²) in [4.78, 5) is 23.0. The monoisotopic (exact) mass is 216 g/mol. The summed E-state index contributed by atoms with van der Waals surface area (Å²) in [6.07, 6.45) is 2.94. The Kier molecular flexibility index (Phi) is 2.48. The summed E-state index contributed by atoms with van der Waals surface area (Å²) < 4.78 is 0. The molecule has 0 spiro atoms. The number of benzene rings is 1. The highest BCUT2D eigenvalue weighted by molar-refractivity contribution is 5.99. The molecule has 0 saturated heterocycles. The molecule has 1 unspecified atom stereocenters. The van der Waals surface area contributed by atoms with Crippen molar-refractivity contribution in [1.82, 2.24) is 5.32 Å². The highest BCUT2D eigenvalue weighted by Crippen LogP contribution is 2.27. The Balaban J connectivity index is 2.49. The second-order valence-electron chi connectivity index (χ2n) is 3.76. The van der Waals surface area contributed by atoms with Gasteiger partial charge in [-0.05, 0) is 11.6 Å². The van der Waals surface area contributed by atoms with Gasteiger partial charge in [-0.1, -0.05) is 30.3 Å². The van der Waals surface area contributed by atoms with Crippen LogP contribution in [0.5, 0.6) is 0 Å². The molecule has 0 aliphatic carbocycles. The molecule has 0 radical (unpaired) electrons. The topological polar surface area (TPSA) is 72.2 Å². The van der Waals surface area contributed by atoms with Crippen LogP contribution in [-0.4, -0.2) is 11.7 Å². The summed E-state index contributed by atoms with van der Waals surface area (Å²) in [5.74, 6) is -0.655. The lowest BCUT2D eigenvalue weighted by molar-refractivity contribution is -0.129. The molecule has 0 saturated carbocycles. The quantitative estimate of drug-likeness (QED) is 0.753. The van der Waals surface area contributed by atoms with Crippen molar-refractivity contribution in [3.05, 3.63) is 48.2 Å². The molecule has 1 heterocycles. The molecule has 3 N–H and O–H groups in total. The van der Waals surface area contributed by atoms with Gasteiger partial charge in [-0.3, -0.25) is 9.59 Å². The molecule has 4 heteroatoms. The molecule has 0 aromatic heterocycles. The van der Waals surface area contributed by atoms with Crippen LogP contribution in [-0.2, 0) is 15.1 Å². The molecule has 1 aromatic rings. The number of amides is 1. The third-order valence-electron chi connectivity index (χ3n) is 2.73. The molecule has 0 bridgehead atoms. The van der Waals surface area contributed by atoms with Crippen molar-refractivity contribution < 1.29 is 9.59 Å². The molecule has 1 atom stereocenters. The van der Waals surface area contributed by atoms with E-state index in [0.717, 1.165) is 0 Å². The minimum atomic E-state index is -1.10.